The summed E-state index contributed by atoms with van der Waals surface area (Å²) in [6.07, 6.45) is 1.01. The largest absolute Gasteiger partial charge is 0.352 e. The Morgan fingerprint density at radius 2 is 2.04 bits per heavy atom. The average Bonchev–Trinajstić information content (AvgIpc) is 3.03. The number of nitrogens with one attached hydrogen (secondary N) is 1. The number of hydrogen-bond acceptors (Lipinski definition) is 4. The third kappa shape index (κ3) is 4.52. The summed E-state index contributed by atoms with van der Waals surface area (Å²) < 4.78 is 0.993. The highest BCUT2D eigenvalue weighted by molar-refractivity contribution is 9.11. The number of carbonyl (C=O) groups excluding carboxylic acids is 2. The number of fused-ring (bicyclic) bond motifs is 1. The van der Waals surface area contributed by atoms with Crippen molar-refractivity contribution >= 4 is 56.2 Å². The molecule has 5 nitrogen and oxygen atoms in total. The van der Waals surface area contributed by atoms with Crippen LogP contribution in [0.3, 0.4) is 0 Å². The highest BCUT2D eigenvalue weighted by Crippen LogP contribution is 2.36. The standard InChI is InChI=1S/C21H24BrN3O2S/c1-5-14(4)23-20(26)11-25-17-9-13(3)12(2)8-15(17)24-16(10-21(25)27)18-6-7-19(22)28-18/h6-9,14H,5,10-11H2,1-4H3,(H,23,26)/t14-/m1/s1. The van der Waals surface area contributed by atoms with E-state index in [1.54, 1.807) is 16.2 Å². The second-order valence-electron chi connectivity index (χ2n) is 7.12. The summed E-state index contributed by atoms with van der Waals surface area (Å²) >= 11 is 5.03. The van der Waals surface area contributed by atoms with Gasteiger partial charge in [0.2, 0.25) is 11.8 Å². The molecule has 1 aromatic carbocycles. The molecule has 0 aliphatic carbocycles. The number of rotatable bonds is 5. The third-order valence-corrected chi connectivity index (χ3v) is 6.61. The number of benzene rings is 1. The van der Waals surface area contributed by atoms with Gasteiger partial charge in [-0.25, -0.2) is 4.99 Å². The number of anilines is 1. The zero-order chi connectivity index (χ0) is 20.4. The Balaban J connectivity index is 2.01. The SMILES string of the molecule is CC[C@@H](C)NC(=O)CN1C(=O)CC(c2ccc(Br)s2)=Nc2cc(C)c(C)cc21. The predicted molar refractivity (Wildman–Crippen MR) is 119 cm³/mol. The van der Waals surface area contributed by atoms with Crippen molar-refractivity contribution in [3.05, 3.63) is 44.1 Å². The van der Waals surface area contributed by atoms with Crippen molar-refractivity contribution in [3.63, 3.8) is 0 Å². The summed E-state index contributed by atoms with van der Waals surface area (Å²) in [4.78, 5) is 33.0. The average molecular weight is 462 g/mol. The first-order valence-electron chi connectivity index (χ1n) is 9.32. The molecule has 148 valence electrons. The van der Waals surface area contributed by atoms with Crippen molar-refractivity contribution in [2.45, 2.75) is 46.6 Å². The van der Waals surface area contributed by atoms with Gasteiger partial charge >= 0.3 is 0 Å². The number of aryl methyl sites for hydroxylation is 2. The Kier molecular flexibility index (Phi) is 6.35. The van der Waals surface area contributed by atoms with E-state index in [1.807, 2.05) is 52.0 Å². The Bertz CT molecular complexity index is 951. The molecule has 1 N–H and O–H groups in total. The molecule has 3 rings (SSSR count). The number of hydrogen-bond donors (Lipinski definition) is 1. The van der Waals surface area contributed by atoms with Crippen molar-refractivity contribution in [1.29, 1.82) is 0 Å². The van der Waals surface area contributed by atoms with Crippen LogP contribution in [0.4, 0.5) is 11.4 Å². The first-order chi connectivity index (χ1) is 13.3. The fraction of sp³-hybridized carbons (Fsp3) is 0.381. The molecule has 0 saturated carbocycles. The highest BCUT2D eigenvalue weighted by atomic mass is 79.9. The summed E-state index contributed by atoms with van der Waals surface area (Å²) in [5.41, 5.74) is 4.32. The second-order valence-corrected chi connectivity index (χ2v) is 9.58. The summed E-state index contributed by atoms with van der Waals surface area (Å²) in [5.74, 6) is -0.279. The van der Waals surface area contributed by atoms with Gasteiger partial charge in [-0.1, -0.05) is 6.92 Å². The van der Waals surface area contributed by atoms with Gasteiger partial charge in [-0.05, 0) is 78.5 Å². The van der Waals surface area contributed by atoms with Crippen LogP contribution in [0.15, 0.2) is 33.0 Å². The lowest BCUT2D eigenvalue weighted by Crippen LogP contribution is -2.43. The number of aliphatic imine (C=N–C) groups is 1. The molecule has 2 aromatic rings. The predicted octanol–water partition coefficient (Wildman–Crippen LogP) is 4.90. The van der Waals surface area contributed by atoms with E-state index < -0.39 is 0 Å². The molecular formula is C21H24BrN3O2S. The van der Waals surface area contributed by atoms with Crippen LogP contribution in [0, 0.1) is 13.8 Å². The summed E-state index contributed by atoms with van der Waals surface area (Å²) in [6.45, 7) is 8.00. The smallest absolute Gasteiger partial charge is 0.240 e. The van der Waals surface area contributed by atoms with Crippen LogP contribution < -0.4 is 10.2 Å². The Morgan fingerprint density at radius 1 is 1.32 bits per heavy atom. The van der Waals surface area contributed by atoms with Crippen molar-refractivity contribution in [1.82, 2.24) is 5.32 Å². The van der Waals surface area contributed by atoms with E-state index in [0.717, 1.165) is 37.6 Å². The summed E-state index contributed by atoms with van der Waals surface area (Å²) in [5, 5.41) is 2.95. The van der Waals surface area contributed by atoms with Crippen LogP contribution in [0.25, 0.3) is 0 Å². The van der Waals surface area contributed by atoms with Crippen LogP contribution in [-0.4, -0.2) is 30.1 Å². The van der Waals surface area contributed by atoms with Crippen molar-refractivity contribution in [3.8, 4) is 0 Å². The Labute approximate surface area is 178 Å². The molecule has 28 heavy (non-hydrogen) atoms. The summed E-state index contributed by atoms with van der Waals surface area (Å²) in [7, 11) is 0. The fourth-order valence-corrected chi connectivity index (χ4v) is 4.37. The van der Waals surface area contributed by atoms with Gasteiger partial charge < -0.3 is 10.2 Å². The molecule has 0 saturated heterocycles. The topological polar surface area (TPSA) is 61.8 Å². The molecule has 0 unspecified atom stereocenters. The molecule has 1 aliphatic rings. The van der Waals surface area contributed by atoms with Gasteiger partial charge in [-0.2, -0.15) is 0 Å². The van der Waals surface area contributed by atoms with Gasteiger partial charge in [-0.15, -0.1) is 11.3 Å². The Hall–Kier alpha value is -1.99. The molecular weight excluding hydrogens is 438 g/mol. The number of nitrogens with zero attached hydrogens (tertiary/aromatic N) is 2. The molecule has 1 aromatic heterocycles. The van der Waals surface area contributed by atoms with Crippen LogP contribution in [0.1, 0.15) is 42.7 Å². The molecule has 0 spiro atoms. The van der Waals surface area contributed by atoms with Gasteiger partial charge in [-0.3, -0.25) is 9.59 Å². The number of carbonyl (C=O) groups is 2. The minimum absolute atomic E-state index is 0.00436. The number of thiophene rings is 1. The highest BCUT2D eigenvalue weighted by Gasteiger charge is 2.28. The number of amides is 2. The molecule has 0 radical (unpaired) electrons. The zero-order valence-electron chi connectivity index (χ0n) is 16.5. The van der Waals surface area contributed by atoms with E-state index in [4.69, 9.17) is 4.99 Å². The minimum atomic E-state index is -0.158. The van der Waals surface area contributed by atoms with Gasteiger partial charge in [0, 0.05) is 6.04 Å². The minimum Gasteiger partial charge on any atom is -0.352 e. The maximum Gasteiger partial charge on any atom is 0.240 e. The maximum absolute atomic E-state index is 13.1. The normalized spacial score (nSPS) is 15.0. The Morgan fingerprint density at radius 3 is 2.68 bits per heavy atom. The van der Waals surface area contributed by atoms with E-state index in [9.17, 15) is 9.59 Å². The zero-order valence-corrected chi connectivity index (χ0v) is 18.9. The maximum atomic E-state index is 13.1. The van der Waals surface area contributed by atoms with Crippen LogP contribution in [-0.2, 0) is 9.59 Å². The molecule has 1 aliphatic heterocycles. The van der Waals surface area contributed by atoms with Crippen molar-refractivity contribution in [2.75, 3.05) is 11.4 Å². The van der Waals surface area contributed by atoms with E-state index in [2.05, 4.69) is 21.2 Å². The molecule has 1 atom stereocenters. The van der Waals surface area contributed by atoms with Gasteiger partial charge in [0.15, 0.2) is 0 Å². The molecule has 2 amide bonds. The third-order valence-electron chi connectivity index (χ3n) is 4.94. The molecule has 7 heteroatoms. The van der Waals surface area contributed by atoms with E-state index in [1.165, 1.54) is 0 Å². The quantitative estimate of drug-likeness (QED) is 0.687. The lowest BCUT2D eigenvalue weighted by molar-refractivity contribution is -0.123. The van der Waals surface area contributed by atoms with E-state index >= 15 is 0 Å². The lowest BCUT2D eigenvalue weighted by atomic mass is 10.1. The molecule has 0 bridgehead atoms. The molecule has 2 heterocycles. The fourth-order valence-electron chi connectivity index (χ4n) is 3.00. The van der Waals surface area contributed by atoms with Crippen LogP contribution >= 0.6 is 27.3 Å². The van der Waals surface area contributed by atoms with Crippen LogP contribution in [0.2, 0.25) is 0 Å². The van der Waals surface area contributed by atoms with E-state index in [0.29, 0.717) is 5.69 Å². The van der Waals surface area contributed by atoms with Gasteiger partial charge in [0.25, 0.3) is 0 Å². The summed E-state index contributed by atoms with van der Waals surface area (Å²) in [6, 6.07) is 7.94. The molecule has 0 fully saturated rings. The first-order valence-corrected chi connectivity index (χ1v) is 10.9. The second kappa shape index (κ2) is 8.57. The monoisotopic (exact) mass is 461 g/mol. The van der Waals surface area contributed by atoms with E-state index in [-0.39, 0.29) is 30.8 Å². The van der Waals surface area contributed by atoms with Gasteiger partial charge in [0.1, 0.15) is 6.54 Å². The van der Waals surface area contributed by atoms with Gasteiger partial charge in [0.05, 0.1) is 32.2 Å². The lowest BCUT2D eigenvalue weighted by Gasteiger charge is -2.24. The van der Waals surface area contributed by atoms with Crippen molar-refractivity contribution in [2.24, 2.45) is 4.99 Å². The van der Waals surface area contributed by atoms with Crippen LogP contribution in [0.5, 0.6) is 0 Å². The first kappa shape index (κ1) is 20.7. The number of halogens is 1. The van der Waals surface area contributed by atoms with Crippen molar-refractivity contribution < 1.29 is 9.59 Å².